The van der Waals surface area contributed by atoms with Gasteiger partial charge in [-0.3, -0.25) is 9.69 Å². The highest BCUT2D eigenvalue weighted by Crippen LogP contribution is 2.30. The lowest BCUT2D eigenvalue weighted by Crippen LogP contribution is -2.35. The minimum Gasteiger partial charge on any atom is -0.341 e. The fourth-order valence-electron chi connectivity index (χ4n) is 3.76. The molecule has 0 bridgehead atoms. The van der Waals surface area contributed by atoms with E-state index in [2.05, 4.69) is 4.90 Å². The Morgan fingerprint density at radius 1 is 1.00 bits per heavy atom. The van der Waals surface area contributed by atoms with Gasteiger partial charge in [0.05, 0.1) is 5.56 Å². The summed E-state index contributed by atoms with van der Waals surface area (Å²) in [6.45, 7) is 5.00. The number of hydrogen-bond acceptors (Lipinski definition) is 2. The number of halogens is 4. The van der Waals surface area contributed by atoms with E-state index in [1.165, 1.54) is 18.2 Å². The molecule has 0 radical (unpaired) electrons. The van der Waals surface area contributed by atoms with Crippen LogP contribution >= 0.6 is 0 Å². The van der Waals surface area contributed by atoms with Gasteiger partial charge in [0.25, 0.3) is 0 Å². The second kappa shape index (κ2) is 9.60. The van der Waals surface area contributed by atoms with Gasteiger partial charge >= 0.3 is 6.18 Å². The highest BCUT2D eigenvalue weighted by molar-refractivity contribution is 5.77. The van der Waals surface area contributed by atoms with E-state index < -0.39 is 11.7 Å². The van der Waals surface area contributed by atoms with Crippen molar-refractivity contribution < 1.29 is 22.4 Å². The summed E-state index contributed by atoms with van der Waals surface area (Å²) in [7, 11) is 0. The molecule has 0 N–H and O–H groups in total. The second-order valence-electron chi connectivity index (χ2n) is 7.83. The third-order valence-corrected chi connectivity index (χ3v) is 5.58. The molecule has 0 aromatic heterocycles. The average molecular weight is 422 g/mol. The molecule has 7 heteroatoms. The van der Waals surface area contributed by atoms with Gasteiger partial charge in [0, 0.05) is 44.7 Å². The van der Waals surface area contributed by atoms with Crippen molar-refractivity contribution in [3.05, 3.63) is 71.0 Å². The first-order valence-electron chi connectivity index (χ1n) is 10.1. The number of amides is 1. The first kappa shape index (κ1) is 22.3. The Balaban J connectivity index is 1.53. The Morgan fingerprint density at radius 2 is 1.70 bits per heavy atom. The minimum atomic E-state index is -4.36. The maximum atomic E-state index is 13.9. The zero-order valence-corrected chi connectivity index (χ0v) is 17.0. The standard InChI is InChI=1S/C23H26F4N2O/c1-17(18-7-9-20(10-8-18)23(25,26)27)15-22(30)29-12-4-11-28(13-14-29)16-19-5-2-3-6-21(19)24/h2-3,5-10,17H,4,11-16H2,1H3. The van der Waals surface area contributed by atoms with Crippen molar-refractivity contribution in [2.75, 3.05) is 26.2 Å². The Morgan fingerprint density at radius 3 is 2.37 bits per heavy atom. The van der Waals surface area contributed by atoms with Crippen LogP contribution in [0.2, 0.25) is 0 Å². The zero-order chi connectivity index (χ0) is 21.7. The number of carbonyl (C=O) groups is 1. The fraction of sp³-hybridized carbons (Fsp3) is 0.435. The Labute approximate surface area is 174 Å². The first-order chi connectivity index (χ1) is 14.2. The molecule has 1 heterocycles. The van der Waals surface area contributed by atoms with Gasteiger partial charge in [0.2, 0.25) is 5.91 Å². The van der Waals surface area contributed by atoms with E-state index >= 15 is 0 Å². The highest BCUT2D eigenvalue weighted by Gasteiger charge is 2.30. The van der Waals surface area contributed by atoms with E-state index in [1.807, 2.05) is 17.9 Å². The molecule has 1 unspecified atom stereocenters. The van der Waals surface area contributed by atoms with Gasteiger partial charge in [0.1, 0.15) is 5.82 Å². The lowest BCUT2D eigenvalue weighted by Gasteiger charge is -2.23. The zero-order valence-electron chi connectivity index (χ0n) is 17.0. The van der Waals surface area contributed by atoms with Crippen LogP contribution in [0.1, 0.15) is 42.4 Å². The molecule has 0 spiro atoms. The SMILES string of the molecule is CC(CC(=O)N1CCCN(Cc2ccccc2F)CC1)c1ccc(C(F)(F)F)cc1. The predicted octanol–water partition coefficient (Wildman–Crippen LogP) is 5.07. The summed E-state index contributed by atoms with van der Waals surface area (Å²) in [5.41, 5.74) is 0.674. The molecule has 2 aromatic rings. The highest BCUT2D eigenvalue weighted by atomic mass is 19.4. The number of benzene rings is 2. The van der Waals surface area contributed by atoms with E-state index in [-0.39, 0.29) is 24.1 Å². The molecule has 1 aliphatic rings. The molecule has 0 saturated carbocycles. The largest absolute Gasteiger partial charge is 0.416 e. The van der Waals surface area contributed by atoms with E-state index in [4.69, 9.17) is 0 Å². The monoisotopic (exact) mass is 422 g/mol. The summed E-state index contributed by atoms with van der Waals surface area (Å²) in [5, 5.41) is 0. The number of nitrogens with zero attached hydrogens (tertiary/aromatic N) is 2. The molecule has 30 heavy (non-hydrogen) atoms. The summed E-state index contributed by atoms with van der Waals surface area (Å²) in [6.07, 6.45) is -3.31. The third-order valence-electron chi connectivity index (χ3n) is 5.58. The van der Waals surface area contributed by atoms with Crippen LogP contribution in [0, 0.1) is 5.82 Å². The number of carbonyl (C=O) groups excluding carboxylic acids is 1. The van der Waals surface area contributed by atoms with Gasteiger partial charge in [-0.25, -0.2) is 4.39 Å². The average Bonchev–Trinajstić information content (AvgIpc) is 2.95. The van der Waals surface area contributed by atoms with E-state index in [0.29, 0.717) is 37.3 Å². The normalized spacial score (nSPS) is 16.9. The minimum absolute atomic E-state index is 0.00450. The topological polar surface area (TPSA) is 23.6 Å². The Bertz CT molecular complexity index is 851. The smallest absolute Gasteiger partial charge is 0.341 e. The molecule has 3 rings (SSSR count). The van der Waals surface area contributed by atoms with Gasteiger partial charge in [-0.1, -0.05) is 37.3 Å². The molecular formula is C23H26F4N2O. The lowest BCUT2D eigenvalue weighted by molar-refractivity contribution is -0.137. The van der Waals surface area contributed by atoms with Crippen LogP contribution in [0.15, 0.2) is 48.5 Å². The molecule has 1 amide bonds. The van der Waals surface area contributed by atoms with E-state index in [9.17, 15) is 22.4 Å². The van der Waals surface area contributed by atoms with Crippen LogP contribution < -0.4 is 0 Å². The van der Waals surface area contributed by atoms with Crippen molar-refractivity contribution in [3.63, 3.8) is 0 Å². The number of rotatable bonds is 5. The van der Waals surface area contributed by atoms with Crippen molar-refractivity contribution >= 4 is 5.91 Å². The number of alkyl halides is 3. The van der Waals surface area contributed by atoms with Crippen molar-refractivity contribution in [3.8, 4) is 0 Å². The molecule has 2 aromatic carbocycles. The molecule has 162 valence electrons. The Hall–Kier alpha value is -2.41. The molecule has 3 nitrogen and oxygen atoms in total. The molecular weight excluding hydrogens is 396 g/mol. The maximum absolute atomic E-state index is 13.9. The fourth-order valence-corrected chi connectivity index (χ4v) is 3.76. The molecule has 1 atom stereocenters. The van der Waals surface area contributed by atoms with E-state index in [1.54, 1.807) is 12.1 Å². The van der Waals surface area contributed by atoms with Gasteiger partial charge in [-0.2, -0.15) is 13.2 Å². The summed E-state index contributed by atoms with van der Waals surface area (Å²) in [4.78, 5) is 16.7. The lowest BCUT2D eigenvalue weighted by atomic mass is 9.96. The summed E-state index contributed by atoms with van der Waals surface area (Å²) in [6, 6.07) is 11.7. The Kier molecular flexibility index (Phi) is 7.13. The summed E-state index contributed by atoms with van der Waals surface area (Å²) in [5.74, 6) is -0.396. The predicted molar refractivity (Wildman–Crippen MR) is 107 cm³/mol. The summed E-state index contributed by atoms with van der Waals surface area (Å²) >= 11 is 0. The van der Waals surface area contributed by atoms with Gasteiger partial charge in [0.15, 0.2) is 0 Å². The molecule has 1 aliphatic heterocycles. The molecule has 1 fully saturated rings. The van der Waals surface area contributed by atoms with Crippen molar-refractivity contribution in [2.45, 2.75) is 38.4 Å². The maximum Gasteiger partial charge on any atom is 0.416 e. The van der Waals surface area contributed by atoms with Crippen LogP contribution in [0.5, 0.6) is 0 Å². The van der Waals surface area contributed by atoms with Crippen LogP contribution in [-0.2, 0) is 17.5 Å². The van der Waals surface area contributed by atoms with Crippen molar-refractivity contribution in [2.24, 2.45) is 0 Å². The van der Waals surface area contributed by atoms with Crippen LogP contribution in [-0.4, -0.2) is 41.9 Å². The molecule has 1 saturated heterocycles. The van der Waals surface area contributed by atoms with Crippen molar-refractivity contribution in [1.82, 2.24) is 9.80 Å². The first-order valence-corrected chi connectivity index (χ1v) is 10.1. The third kappa shape index (κ3) is 5.81. The van der Waals surface area contributed by atoms with Gasteiger partial charge < -0.3 is 4.90 Å². The van der Waals surface area contributed by atoms with E-state index in [0.717, 1.165) is 25.1 Å². The summed E-state index contributed by atoms with van der Waals surface area (Å²) < 4.78 is 52.0. The second-order valence-corrected chi connectivity index (χ2v) is 7.83. The number of hydrogen-bond donors (Lipinski definition) is 0. The molecule has 0 aliphatic carbocycles. The van der Waals surface area contributed by atoms with Crippen LogP contribution in [0.25, 0.3) is 0 Å². The van der Waals surface area contributed by atoms with Crippen LogP contribution in [0.4, 0.5) is 17.6 Å². The van der Waals surface area contributed by atoms with Gasteiger partial charge in [-0.15, -0.1) is 0 Å². The van der Waals surface area contributed by atoms with Crippen LogP contribution in [0.3, 0.4) is 0 Å². The quantitative estimate of drug-likeness (QED) is 0.628. The van der Waals surface area contributed by atoms with Crippen molar-refractivity contribution in [1.29, 1.82) is 0 Å². The van der Waals surface area contributed by atoms with Gasteiger partial charge in [-0.05, 0) is 36.1 Å².